The van der Waals surface area contributed by atoms with Gasteiger partial charge in [-0.05, 0) is 44.4 Å². The van der Waals surface area contributed by atoms with Crippen molar-refractivity contribution in [3.05, 3.63) is 35.4 Å². The molecule has 1 N–H and O–H groups in total. The highest BCUT2D eigenvalue weighted by atomic mass is 32.2. The van der Waals surface area contributed by atoms with E-state index in [9.17, 15) is 13.6 Å². The van der Waals surface area contributed by atoms with E-state index in [2.05, 4.69) is 22.6 Å². The van der Waals surface area contributed by atoms with Crippen molar-refractivity contribution >= 4 is 34.7 Å². The summed E-state index contributed by atoms with van der Waals surface area (Å²) in [6.45, 7) is 5.55. The quantitative estimate of drug-likeness (QED) is 0.209. The van der Waals surface area contributed by atoms with Crippen LogP contribution in [0.1, 0.15) is 57.6 Å². The van der Waals surface area contributed by atoms with Crippen molar-refractivity contribution in [3.8, 4) is 0 Å². The molecule has 3 aromatic rings. The Hall–Kier alpha value is -2.94. The molecule has 41 heavy (non-hydrogen) atoms. The Morgan fingerprint density at radius 3 is 2.76 bits per heavy atom. The van der Waals surface area contributed by atoms with Crippen LogP contribution in [0.5, 0.6) is 0 Å². The van der Waals surface area contributed by atoms with Crippen LogP contribution in [-0.4, -0.2) is 80.5 Å². The van der Waals surface area contributed by atoms with Gasteiger partial charge in [-0.1, -0.05) is 30.0 Å². The average Bonchev–Trinajstić information content (AvgIpc) is 3.28. The van der Waals surface area contributed by atoms with Crippen molar-refractivity contribution in [2.24, 2.45) is 0 Å². The number of aromatic nitrogens is 5. The minimum Gasteiger partial charge on any atom is -0.467 e. The highest BCUT2D eigenvalue weighted by Crippen LogP contribution is 2.47. The fraction of sp³-hybridized carbons (Fsp3) is 0.593. The first-order valence-electron chi connectivity index (χ1n) is 13.7. The van der Waals surface area contributed by atoms with Gasteiger partial charge in [0.2, 0.25) is 0 Å². The second kappa shape index (κ2) is 11.0. The number of nitrogens with one attached hydrogen (secondary N) is 1. The topological polar surface area (TPSA) is 123 Å². The monoisotopic (exact) mass is 590 g/mol. The Kier molecular flexibility index (Phi) is 7.59. The van der Waals surface area contributed by atoms with E-state index in [1.165, 1.54) is 24.9 Å². The number of methoxy groups -OCH3 is 1. The number of thioether (sulfide) groups is 1. The smallest absolute Gasteiger partial charge is 0.331 e. The molecule has 1 saturated heterocycles. The van der Waals surface area contributed by atoms with Crippen molar-refractivity contribution in [1.29, 1.82) is 0 Å². The summed E-state index contributed by atoms with van der Waals surface area (Å²) in [6.07, 6.45) is 0.896. The van der Waals surface area contributed by atoms with Gasteiger partial charge in [0.15, 0.2) is 39.6 Å². The number of hydrogen-bond acceptors (Lipinski definition) is 11. The summed E-state index contributed by atoms with van der Waals surface area (Å²) in [6, 6.07) is 3.67. The normalized spacial score (nSPS) is 28.1. The van der Waals surface area contributed by atoms with E-state index in [4.69, 9.17) is 28.9 Å². The number of carbonyl (C=O) groups is 1. The van der Waals surface area contributed by atoms with Crippen molar-refractivity contribution in [2.45, 2.75) is 87.3 Å². The maximum Gasteiger partial charge on any atom is 0.331 e. The third-order valence-electron chi connectivity index (χ3n) is 7.56. The minimum absolute atomic E-state index is 0.0199. The minimum atomic E-state index is -0.863. The molecule has 6 rings (SSSR count). The Labute approximate surface area is 239 Å². The summed E-state index contributed by atoms with van der Waals surface area (Å²) in [7, 11) is 1.31. The molecule has 3 fully saturated rings. The SMILES string of the molecule is CCCSc1nc(NC2C[C@H]2c2ccc(F)c(F)c2)c2nnn([C@@H]3C[C@H](OCC(=O)OC)[C@H]4OC(C)(C)OC34)c2n1. The van der Waals surface area contributed by atoms with Gasteiger partial charge in [-0.3, -0.25) is 0 Å². The first-order chi connectivity index (χ1) is 19.7. The summed E-state index contributed by atoms with van der Waals surface area (Å²) in [5.41, 5.74) is 1.76. The van der Waals surface area contributed by atoms with Gasteiger partial charge in [0.25, 0.3) is 0 Å². The lowest BCUT2D eigenvalue weighted by Crippen LogP contribution is -2.32. The molecule has 6 atom stereocenters. The highest BCUT2D eigenvalue weighted by molar-refractivity contribution is 7.99. The molecule has 220 valence electrons. The average molecular weight is 591 g/mol. The van der Waals surface area contributed by atoms with Gasteiger partial charge in [-0.2, -0.15) is 0 Å². The second-order valence-corrected chi connectivity index (χ2v) is 12.0. The fourth-order valence-corrected chi connectivity index (χ4v) is 6.27. The standard InChI is InChI=1S/C27H32F2N6O5S/c1-5-8-41-26-31-24(30-17-10-14(17)13-6-7-15(28)16(29)9-13)21-25(32-26)35(34-33-21)18-11-19(38-12-20(36)37-4)23-22(18)39-27(2,3)40-23/h6-7,9,14,17-19,22-23H,5,8,10-12H2,1-4H3,(H,30,31,32)/t14-,17?,18+,19-,22?,23+/m0/s1. The molecule has 1 aromatic carbocycles. The van der Waals surface area contributed by atoms with Crippen LogP contribution in [0.4, 0.5) is 14.6 Å². The van der Waals surface area contributed by atoms with E-state index in [-0.39, 0.29) is 24.6 Å². The van der Waals surface area contributed by atoms with Crippen LogP contribution in [0, 0.1) is 11.6 Å². The number of benzene rings is 1. The van der Waals surface area contributed by atoms with Crippen LogP contribution in [0.2, 0.25) is 0 Å². The Morgan fingerprint density at radius 1 is 1.20 bits per heavy atom. The molecule has 0 bridgehead atoms. The molecule has 2 aliphatic carbocycles. The number of rotatable bonds is 10. The second-order valence-electron chi connectivity index (χ2n) is 11.0. The van der Waals surface area contributed by atoms with Crippen LogP contribution in [-0.2, 0) is 23.7 Å². The van der Waals surface area contributed by atoms with Crippen molar-refractivity contribution < 1.29 is 32.5 Å². The van der Waals surface area contributed by atoms with Gasteiger partial charge in [-0.15, -0.1) is 5.10 Å². The van der Waals surface area contributed by atoms with Crippen LogP contribution in [0.25, 0.3) is 11.2 Å². The van der Waals surface area contributed by atoms with E-state index in [1.54, 1.807) is 10.7 Å². The number of esters is 1. The van der Waals surface area contributed by atoms with Gasteiger partial charge in [-0.25, -0.2) is 28.2 Å². The number of ether oxygens (including phenoxy) is 4. The molecule has 0 spiro atoms. The lowest BCUT2D eigenvalue weighted by Gasteiger charge is -2.23. The fourth-order valence-electron chi connectivity index (χ4n) is 5.58. The van der Waals surface area contributed by atoms with Crippen LogP contribution < -0.4 is 5.32 Å². The van der Waals surface area contributed by atoms with E-state index in [0.29, 0.717) is 28.6 Å². The van der Waals surface area contributed by atoms with Crippen molar-refractivity contribution in [1.82, 2.24) is 25.0 Å². The maximum absolute atomic E-state index is 13.8. The maximum atomic E-state index is 13.8. The summed E-state index contributed by atoms with van der Waals surface area (Å²) in [4.78, 5) is 21.3. The van der Waals surface area contributed by atoms with Crippen molar-refractivity contribution in [3.63, 3.8) is 0 Å². The number of halogens is 2. The molecule has 11 nitrogen and oxygen atoms in total. The van der Waals surface area contributed by atoms with E-state index >= 15 is 0 Å². The summed E-state index contributed by atoms with van der Waals surface area (Å²) >= 11 is 1.53. The van der Waals surface area contributed by atoms with Gasteiger partial charge in [0.05, 0.1) is 19.3 Å². The Bertz CT molecular complexity index is 1460. The first kappa shape index (κ1) is 28.2. The lowest BCUT2D eigenvalue weighted by molar-refractivity contribution is -0.173. The molecule has 3 heterocycles. The van der Waals surface area contributed by atoms with Crippen LogP contribution in [0.3, 0.4) is 0 Å². The van der Waals surface area contributed by atoms with Crippen LogP contribution >= 0.6 is 11.8 Å². The zero-order valence-electron chi connectivity index (χ0n) is 23.2. The zero-order valence-corrected chi connectivity index (χ0v) is 24.0. The molecule has 1 aliphatic heterocycles. The third-order valence-corrected chi connectivity index (χ3v) is 8.62. The largest absolute Gasteiger partial charge is 0.467 e. The predicted octanol–water partition coefficient (Wildman–Crippen LogP) is 3.99. The molecule has 14 heteroatoms. The van der Waals surface area contributed by atoms with Crippen LogP contribution in [0.15, 0.2) is 23.4 Å². The molecule has 2 aromatic heterocycles. The molecule has 2 unspecified atom stereocenters. The summed E-state index contributed by atoms with van der Waals surface area (Å²) < 4.78 is 52.1. The summed E-state index contributed by atoms with van der Waals surface area (Å²) in [5, 5.41) is 12.9. The molecule has 3 aliphatic rings. The van der Waals surface area contributed by atoms with E-state index in [1.807, 2.05) is 13.8 Å². The first-order valence-corrected chi connectivity index (χ1v) is 14.7. The van der Waals surface area contributed by atoms with Gasteiger partial charge in [0, 0.05) is 24.1 Å². The number of carbonyl (C=O) groups excluding carboxylic acids is 1. The highest BCUT2D eigenvalue weighted by Gasteiger charge is 2.56. The van der Waals surface area contributed by atoms with Crippen molar-refractivity contribution in [2.75, 3.05) is 24.8 Å². The van der Waals surface area contributed by atoms with E-state index in [0.717, 1.165) is 30.2 Å². The number of hydrogen-bond donors (Lipinski definition) is 1. The Morgan fingerprint density at radius 2 is 2.00 bits per heavy atom. The predicted molar refractivity (Wildman–Crippen MR) is 144 cm³/mol. The van der Waals surface area contributed by atoms with E-state index < -0.39 is 41.7 Å². The molecule has 0 amide bonds. The third kappa shape index (κ3) is 5.62. The summed E-state index contributed by atoms with van der Waals surface area (Å²) in [5.74, 6) is -1.66. The van der Waals surface area contributed by atoms with Gasteiger partial charge in [0.1, 0.15) is 18.8 Å². The molecule has 0 radical (unpaired) electrons. The molecule has 2 saturated carbocycles. The van der Waals surface area contributed by atoms with Gasteiger partial charge >= 0.3 is 5.97 Å². The number of fused-ring (bicyclic) bond motifs is 2. The Balaban J connectivity index is 1.30. The van der Waals surface area contributed by atoms with Gasteiger partial charge < -0.3 is 24.3 Å². The molecular weight excluding hydrogens is 558 g/mol. The number of anilines is 1. The zero-order chi connectivity index (χ0) is 28.9. The lowest BCUT2D eigenvalue weighted by atomic mass is 10.1. The molecular formula is C27H32F2N6O5S. The number of nitrogens with zero attached hydrogens (tertiary/aromatic N) is 5.